The second-order valence-corrected chi connectivity index (χ2v) is 6.33. The minimum Gasteiger partial charge on any atom is -0.385 e. The van der Waals surface area contributed by atoms with Crippen molar-refractivity contribution in [2.45, 2.75) is 37.6 Å². The molecule has 0 aromatic heterocycles. The van der Waals surface area contributed by atoms with Gasteiger partial charge in [0.1, 0.15) is 0 Å². The third-order valence-corrected chi connectivity index (χ3v) is 4.65. The molecule has 1 aromatic rings. The number of hydrogen-bond acceptors (Lipinski definition) is 4. The van der Waals surface area contributed by atoms with Crippen LogP contribution in [0.3, 0.4) is 0 Å². The van der Waals surface area contributed by atoms with E-state index in [-0.39, 0.29) is 0 Å². The van der Waals surface area contributed by atoms with Gasteiger partial charge in [-0.05, 0) is 36.5 Å². The lowest BCUT2D eigenvalue weighted by Crippen LogP contribution is -2.26. The van der Waals surface area contributed by atoms with Crippen molar-refractivity contribution in [1.29, 1.82) is 0 Å². The van der Waals surface area contributed by atoms with Crippen LogP contribution in [0.5, 0.6) is 0 Å². The van der Waals surface area contributed by atoms with E-state index in [1.165, 1.54) is 0 Å². The molecule has 0 radical (unpaired) electrons. The quantitative estimate of drug-likeness (QED) is 0.676. The van der Waals surface area contributed by atoms with Gasteiger partial charge in [-0.3, -0.25) is 0 Å². The van der Waals surface area contributed by atoms with Crippen molar-refractivity contribution in [3.05, 3.63) is 29.3 Å². The molecule has 20 heavy (non-hydrogen) atoms. The highest BCUT2D eigenvalue weighted by atomic mass is 32.2. The number of hydrogen-bond donors (Lipinski definition) is 2. The summed E-state index contributed by atoms with van der Waals surface area (Å²) < 4.78 is 32.2. The maximum absolute atomic E-state index is 12.3. The fourth-order valence-corrected chi connectivity index (χ4v) is 3.36. The SMILES string of the molecule is CCc1ccc(CN)cc1S(=O)(=O)NCCCCOC. The molecule has 0 aliphatic heterocycles. The molecular weight excluding hydrogens is 276 g/mol. The average Bonchev–Trinajstić information content (AvgIpc) is 2.46. The van der Waals surface area contributed by atoms with E-state index >= 15 is 0 Å². The normalized spacial score (nSPS) is 11.8. The van der Waals surface area contributed by atoms with E-state index in [0.29, 0.717) is 31.0 Å². The van der Waals surface area contributed by atoms with Gasteiger partial charge in [0.25, 0.3) is 0 Å². The summed E-state index contributed by atoms with van der Waals surface area (Å²) in [5, 5.41) is 0. The third-order valence-electron chi connectivity index (χ3n) is 3.11. The number of rotatable bonds is 9. The van der Waals surface area contributed by atoms with Crippen molar-refractivity contribution in [3.63, 3.8) is 0 Å². The first-order chi connectivity index (χ1) is 9.55. The fourth-order valence-electron chi connectivity index (χ4n) is 1.92. The van der Waals surface area contributed by atoms with Crippen molar-refractivity contribution in [2.24, 2.45) is 5.73 Å². The number of methoxy groups -OCH3 is 1. The molecule has 0 saturated heterocycles. The van der Waals surface area contributed by atoms with E-state index in [9.17, 15) is 8.42 Å². The minimum atomic E-state index is -3.47. The first-order valence-electron chi connectivity index (χ1n) is 6.85. The van der Waals surface area contributed by atoms with Gasteiger partial charge in [0.2, 0.25) is 10.0 Å². The van der Waals surface area contributed by atoms with Gasteiger partial charge in [-0.25, -0.2) is 13.1 Å². The molecule has 3 N–H and O–H groups in total. The van der Waals surface area contributed by atoms with Crippen LogP contribution in [0.25, 0.3) is 0 Å². The van der Waals surface area contributed by atoms with Gasteiger partial charge in [-0.1, -0.05) is 19.1 Å². The molecule has 6 heteroatoms. The summed E-state index contributed by atoms with van der Waals surface area (Å²) in [6.07, 6.45) is 2.26. The number of nitrogens with one attached hydrogen (secondary N) is 1. The Labute approximate surface area is 121 Å². The summed E-state index contributed by atoms with van der Waals surface area (Å²) in [7, 11) is -1.83. The zero-order valence-electron chi connectivity index (χ0n) is 12.2. The molecule has 114 valence electrons. The fraction of sp³-hybridized carbons (Fsp3) is 0.571. The van der Waals surface area contributed by atoms with E-state index in [0.717, 1.165) is 24.0 Å². The Bertz CT molecular complexity index is 515. The van der Waals surface area contributed by atoms with E-state index in [4.69, 9.17) is 10.5 Å². The summed E-state index contributed by atoms with van der Waals surface area (Å²) in [6, 6.07) is 5.37. The molecule has 0 aliphatic rings. The van der Waals surface area contributed by atoms with Crippen LogP contribution in [-0.2, 0) is 27.7 Å². The maximum Gasteiger partial charge on any atom is 0.240 e. The minimum absolute atomic E-state index is 0.334. The van der Waals surface area contributed by atoms with Crippen molar-refractivity contribution in [1.82, 2.24) is 4.72 Å². The first kappa shape index (κ1) is 17.1. The number of unbranched alkanes of at least 4 members (excludes halogenated alkanes) is 1. The van der Waals surface area contributed by atoms with Crippen LogP contribution in [0, 0.1) is 0 Å². The summed E-state index contributed by atoms with van der Waals surface area (Å²) in [4.78, 5) is 0.342. The van der Waals surface area contributed by atoms with E-state index in [1.807, 2.05) is 19.1 Å². The largest absolute Gasteiger partial charge is 0.385 e. The van der Waals surface area contributed by atoms with Crippen molar-refractivity contribution in [2.75, 3.05) is 20.3 Å². The topological polar surface area (TPSA) is 81.4 Å². The van der Waals surface area contributed by atoms with Crippen LogP contribution in [0.15, 0.2) is 23.1 Å². The van der Waals surface area contributed by atoms with Gasteiger partial charge >= 0.3 is 0 Å². The molecule has 5 nitrogen and oxygen atoms in total. The van der Waals surface area contributed by atoms with Crippen LogP contribution in [0.2, 0.25) is 0 Å². The number of benzene rings is 1. The van der Waals surface area contributed by atoms with Gasteiger partial charge in [-0.2, -0.15) is 0 Å². The number of ether oxygens (including phenoxy) is 1. The molecule has 0 spiro atoms. The molecule has 0 bridgehead atoms. The third kappa shape index (κ3) is 4.86. The molecule has 1 rings (SSSR count). The molecule has 0 aliphatic carbocycles. The lowest BCUT2D eigenvalue weighted by molar-refractivity contribution is 0.193. The molecule has 0 heterocycles. The summed E-state index contributed by atoms with van der Waals surface area (Å²) in [5.74, 6) is 0. The molecule has 0 saturated carbocycles. The molecule has 0 unspecified atom stereocenters. The Morgan fingerprint density at radius 2 is 2.05 bits per heavy atom. The maximum atomic E-state index is 12.3. The van der Waals surface area contributed by atoms with E-state index < -0.39 is 10.0 Å². The molecule has 0 atom stereocenters. The average molecular weight is 300 g/mol. The molecule has 0 fully saturated rings. The number of nitrogens with two attached hydrogens (primary N) is 1. The van der Waals surface area contributed by atoms with E-state index in [2.05, 4.69) is 4.72 Å². The Balaban J connectivity index is 2.80. The predicted molar refractivity (Wildman–Crippen MR) is 80.0 cm³/mol. The van der Waals surface area contributed by atoms with Crippen molar-refractivity contribution in [3.8, 4) is 0 Å². The zero-order chi connectivity index (χ0) is 15.0. The standard InChI is InChI=1S/C14H24N2O3S/c1-3-13-7-6-12(11-15)10-14(13)20(17,18)16-8-4-5-9-19-2/h6-7,10,16H,3-5,8-9,11,15H2,1-2H3. The predicted octanol–water partition coefficient (Wildman–Crippen LogP) is 1.41. The van der Waals surface area contributed by atoms with Gasteiger partial charge in [0, 0.05) is 26.8 Å². The smallest absolute Gasteiger partial charge is 0.240 e. The first-order valence-corrected chi connectivity index (χ1v) is 8.34. The Hall–Kier alpha value is -0.950. The Morgan fingerprint density at radius 3 is 2.65 bits per heavy atom. The summed E-state index contributed by atoms with van der Waals surface area (Å²) in [6.45, 7) is 3.34. The summed E-state index contributed by atoms with van der Waals surface area (Å²) >= 11 is 0. The van der Waals surface area contributed by atoms with Gasteiger partial charge in [0.05, 0.1) is 4.90 Å². The van der Waals surface area contributed by atoms with Gasteiger partial charge in [0.15, 0.2) is 0 Å². The van der Waals surface area contributed by atoms with E-state index in [1.54, 1.807) is 13.2 Å². The second kappa shape index (κ2) is 8.36. The Morgan fingerprint density at radius 1 is 1.30 bits per heavy atom. The lowest BCUT2D eigenvalue weighted by Gasteiger charge is -2.12. The zero-order valence-corrected chi connectivity index (χ0v) is 13.0. The van der Waals surface area contributed by atoms with Crippen LogP contribution < -0.4 is 10.5 Å². The highest BCUT2D eigenvalue weighted by Crippen LogP contribution is 2.18. The number of aryl methyl sites for hydroxylation is 1. The Kier molecular flexibility index (Phi) is 7.15. The van der Waals surface area contributed by atoms with Crippen LogP contribution >= 0.6 is 0 Å². The number of sulfonamides is 1. The van der Waals surface area contributed by atoms with Gasteiger partial charge < -0.3 is 10.5 Å². The van der Waals surface area contributed by atoms with Crippen LogP contribution in [-0.4, -0.2) is 28.7 Å². The molecule has 0 amide bonds. The van der Waals surface area contributed by atoms with Crippen molar-refractivity contribution < 1.29 is 13.2 Å². The van der Waals surface area contributed by atoms with Gasteiger partial charge in [-0.15, -0.1) is 0 Å². The lowest BCUT2D eigenvalue weighted by atomic mass is 10.1. The monoisotopic (exact) mass is 300 g/mol. The van der Waals surface area contributed by atoms with Crippen LogP contribution in [0.4, 0.5) is 0 Å². The van der Waals surface area contributed by atoms with Crippen molar-refractivity contribution >= 4 is 10.0 Å². The summed E-state index contributed by atoms with van der Waals surface area (Å²) in [5.41, 5.74) is 7.21. The van der Waals surface area contributed by atoms with Crippen LogP contribution in [0.1, 0.15) is 30.9 Å². The molecular formula is C14H24N2O3S. The molecule has 1 aromatic carbocycles. The highest BCUT2D eigenvalue weighted by Gasteiger charge is 2.17. The second-order valence-electron chi connectivity index (χ2n) is 4.60. The highest BCUT2D eigenvalue weighted by molar-refractivity contribution is 7.89.